The van der Waals surface area contributed by atoms with E-state index in [2.05, 4.69) is 10.4 Å². The number of carbonyl (C=O) groups excluding carboxylic acids is 1. The van der Waals surface area contributed by atoms with Crippen molar-refractivity contribution in [1.82, 2.24) is 15.1 Å². The van der Waals surface area contributed by atoms with Crippen molar-refractivity contribution >= 4 is 23.2 Å². The minimum atomic E-state index is -1.28. The first-order chi connectivity index (χ1) is 15.3. The Morgan fingerprint density at radius 1 is 1.28 bits per heavy atom. The molecular weight excluding hydrogens is 440 g/mol. The number of hydrogen-bond acceptors (Lipinski definition) is 7. The molecule has 2 unspecified atom stereocenters. The van der Waals surface area contributed by atoms with Crippen LogP contribution >= 0.6 is 11.6 Å². The summed E-state index contributed by atoms with van der Waals surface area (Å²) in [4.78, 5) is 22.7. The van der Waals surface area contributed by atoms with Crippen LogP contribution in [0.15, 0.2) is 54.7 Å². The minimum Gasteiger partial charge on any atom is -0.470 e. The Bertz CT molecular complexity index is 1100. The number of carbonyl (C=O) groups is 1. The third kappa shape index (κ3) is 5.61. The summed E-state index contributed by atoms with van der Waals surface area (Å²) >= 11 is 6.10. The van der Waals surface area contributed by atoms with Crippen molar-refractivity contribution in [2.75, 3.05) is 6.61 Å². The zero-order valence-corrected chi connectivity index (χ0v) is 17.8. The highest BCUT2D eigenvalue weighted by Crippen LogP contribution is 2.25. The normalized spacial score (nSPS) is 12.8. The molecule has 0 radical (unpaired) electrons. The van der Waals surface area contributed by atoms with E-state index in [1.807, 2.05) is 13.0 Å². The molecule has 32 heavy (non-hydrogen) atoms. The Kier molecular flexibility index (Phi) is 7.41. The van der Waals surface area contributed by atoms with Crippen molar-refractivity contribution in [2.24, 2.45) is 0 Å². The molecule has 11 heteroatoms. The average molecular weight is 461 g/mol. The summed E-state index contributed by atoms with van der Waals surface area (Å²) in [6, 6.07) is 11.0. The van der Waals surface area contributed by atoms with Gasteiger partial charge >= 0.3 is 0 Å². The lowest BCUT2D eigenvalue weighted by atomic mass is 10.0. The van der Waals surface area contributed by atoms with Gasteiger partial charge in [-0.25, -0.2) is 4.68 Å². The van der Waals surface area contributed by atoms with E-state index in [-0.39, 0.29) is 18.1 Å². The van der Waals surface area contributed by atoms with Gasteiger partial charge in [0.2, 0.25) is 0 Å². The Hall–Kier alpha value is -3.47. The summed E-state index contributed by atoms with van der Waals surface area (Å²) in [5.74, 6) is -0.128. The van der Waals surface area contributed by atoms with Gasteiger partial charge in [0.05, 0.1) is 22.6 Å². The molecule has 3 rings (SSSR count). The van der Waals surface area contributed by atoms with Crippen LogP contribution in [0.3, 0.4) is 0 Å². The van der Waals surface area contributed by atoms with E-state index in [9.17, 15) is 25.1 Å². The molecule has 0 saturated heterocycles. The molecule has 1 amide bonds. The predicted molar refractivity (Wildman–Crippen MR) is 115 cm³/mol. The molecule has 0 saturated carbocycles. The minimum absolute atomic E-state index is 0.0191. The third-order valence-electron chi connectivity index (χ3n) is 4.65. The highest BCUT2D eigenvalue weighted by atomic mass is 35.5. The Labute approximate surface area is 188 Å². The molecule has 168 valence electrons. The maximum atomic E-state index is 12.5. The number of nitro benzene ring substituents is 1. The smallest absolute Gasteiger partial charge is 0.272 e. The first-order valence-corrected chi connectivity index (χ1v) is 9.93. The second kappa shape index (κ2) is 10.2. The Morgan fingerprint density at radius 2 is 2.00 bits per heavy atom. The van der Waals surface area contributed by atoms with Crippen LogP contribution in [0.25, 0.3) is 0 Å². The largest absolute Gasteiger partial charge is 0.470 e. The highest BCUT2D eigenvalue weighted by Gasteiger charge is 2.24. The van der Waals surface area contributed by atoms with Crippen molar-refractivity contribution in [3.8, 4) is 5.75 Å². The van der Waals surface area contributed by atoms with Crippen LogP contribution in [0.2, 0.25) is 5.02 Å². The number of aromatic nitrogens is 2. The van der Waals surface area contributed by atoms with E-state index in [4.69, 9.17) is 16.3 Å². The number of aliphatic hydroxyl groups is 2. The first-order valence-electron chi connectivity index (χ1n) is 9.55. The summed E-state index contributed by atoms with van der Waals surface area (Å²) in [6.45, 7) is 1.37. The first kappa shape index (κ1) is 23.2. The maximum Gasteiger partial charge on any atom is 0.272 e. The van der Waals surface area contributed by atoms with Gasteiger partial charge in [-0.3, -0.25) is 14.9 Å². The van der Waals surface area contributed by atoms with Crippen LogP contribution in [-0.4, -0.2) is 43.5 Å². The standard InChI is InChI=1S/C21H21ClN4O6/c1-13-2-7-16(22)19(10-13)32-12-25-9-8-17(24-25)21(29)23-18(11-27)20(28)14-3-5-15(6-4-14)26(30)31/h2-10,18,20,27-28H,11-12H2,1H3,(H,23,29). The molecule has 0 aliphatic rings. The fourth-order valence-corrected chi connectivity index (χ4v) is 3.08. The molecule has 0 aliphatic carbocycles. The number of amides is 1. The highest BCUT2D eigenvalue weighted by molar-refractivity contribution is 6.32. The van der Waals surface area contributed by atoms with Gasteiger partial charge in [-0.15, -0.1) is 0 Å². The van der Waals surface area contributed by atoms with Crippen LogP contribution in [0.4, 0.5) is 5.69 Å². The molecule has 2 atom stereocenters. The number of benzene rings is 2. The molecule has 3 N–H and O–H groups in total. The predicted octanol–water partition coefficient (Wildman–Crippen LogP) is 2.61. The number of aryl methyl sites for hydroxylation is 1. The van der Waals surface area contributed by atoms with Crippen molar-refractivity contribution in [3.05, 3.63) is 86.7 Å². The molecule has 1 aromatic heterocycles. The molecule has 0 fully saturated rings. The Morgan fingerprint density at radius 3 is 2.66 bits per heavy atom. The monoisotopic (exact) mass is 460 g/mol. The second-order valence-electron chi connectivity index (χ2n) is 7.00. The Balaban J connectivity index is 1.62. The lowest BCUT2D eigenvalue weighted by Gasteiger charge is -2.22. The van der Waals surface area contributed by atoms with Gasteiger partial charge in [0, 0.05) is 18.3 Å². The lowest BCUT2D eigenvalue weighted by Crippen LogP contribution is -2.42. The number of ether oxygens (including phenoxy) is 1. The van der Waals surface area contributed by atoms with E-state index in [1.165, 1.54) is 35.0 Å². The van der Waals surface area contributed by atoms with Gasteiger partial charge < -0.3 is 20.3 Å². The number of hydrogen-bond donors (Lipinski definition) is 3. The van der Waals surface area contributed by atoms with Crippen LogP contribution in [0.1, 0.15) is 27.7 Å². The number of non-ortho nitro benzene ring substituents is 1. The number of rotatable bonds is 9. The maximum absolute atomic E-state index is 12.5. The van der Waals surface area contributed by atoms with Gasteiger partial charge in [0.15, 0.2) is 6.73 Å². The zero-order valence-electron chi connectivity index (χ0n) is 17.0. The average Bonchev–Trinajstić information content (AvgIpc) is 3.26. The SMILES string of the molecule is Cc1ccc(Cl)c(OCn2ccc(C(=O)NC(CO)C(O)c3ccc([N+](=O)[O-])cc3)n2)c1. The van der Waals surface area contributed by atoms with E-state index < -0.39 is 29.6 Å². The van der Waals surface area contributed by atoms with Gasteiger partial charge in [-0.1, -0.05) is 17.7 Å². The number of aliphatic hydroxyl groups excluding tert-OH is 2. The van der Waals surface area contributed by atoms with E-state index >= 15 is 0 Å². The van der Waals surface area contributed by atoms with Crippen molar-refractivity contribution < 1.29 is 24.7 Å². The fourth-order valence-electron chi connectivity index (χ4n) is 2.90. The van der Waals surface area contributed by atoms with Crippen LogP contribution in [0, 0.1) is 17.0 Å². The van der Waals surface area contributed by atoms with Crippen molar-refractivity contribution in [3.63, 3.8) is 0 Å². The summed E-state index contributed by atoms with van der Waals surface area (Å²) in [5, 5.41) is 37.9. The number of nitrogens with zero attached hydrogens (tertiary/aromatic N) is 3. The summed E-state index contributed by atoms with van der Waals surface area (Å²) < 4.78 is 7.03. The van der Waals surface area contributed by atoms with Crippen LogP contribution in [0.5, 0.6) is 5.75 Å². The fraction of sp³-hybridized carbons (Fsp3) is 0.238. The summed E-state index contributed by atoms with van der Waals surface area (Å²) in [6.07, 6.45) is 0.262. The van der Waals surface area contributed by atoms with E-state index in [0.717, 1.165) is 5.56 Å². The molecular formula is C21H21ClN4O6. The molecule has 0 bridgehead atoms. The van der Waals surface area contributed by atoms with Crippen molar-refractivity contribution in [1.29, 1.82) is 0 Å². The summed E-state index contributed by atoms with van der Waals surface area (Å²) in [5.41, 5.74) is 1.21. The molecule has 1 heterocycles. The summed E-state index contributed by atoms with van der Waals surface area (Å²) in [7, 11) is 0. The van der Waals surface area contributed by atoms with E-state index in [1.54, 1.807) is 18.3 Å². The number of halogens is 1. The van der Waals surface area contributed by atoms with Crippen LogP contribution in [-0.2, 0) is 6.73 Å². The van der Waals surface area contributed by atoms with Gasteiger partial charge in [0.1, 0.15) is 17.5 Å². The quantitative estimate of drug-likeness (QED) is 0.329. The van der Waals surface area contributed by atoms with E-state index in [0.29, 0.717) is 16.3 Å². The molecule has 0 spiro atoms. The molecule has 0 aliphatic heterocycles. The molecule has 3 aromatic rings. The third-order valence-corrected chi connectivity index (χ3v) is 4.96. The molecule has 10 nitrogen and oxygen atoms in total. The topological polar surface area (TPSA) is 140 Å². The molecule has 2 aromatic carbocycles. The zero-order chi connectivity index (χ0) is 23.3. The van der Waals surface area contributed by atoms with Gasteiger partial charge in [0.25, 0.3) is 11.6 Å². The second-order valence-corrected chi connectivity index (χ2v) is 7.41. The number of nitro groups is 1. The van der Waals surface area contributed by atoms with Gasteiger partial charge in [-0.2, -0.15) is 5.10 Å². The lowest BCUT2D eigenvalue weighted by molar-refractivity contribution is -0.384. The number of nitrogens with one attached hydrogen (secondary N) is 1. The van der Waals surface area contributed by atoms with Crippen molar-refractivity contribution in [2.45, 2.75) is 25.8 Å². The van der Waals surface area contributed by atoms with Gasteiger partial charge in [-0.05, 0) is 48.4 Å². The van der Waals surface area contributed by atoms with Crippen LogP contribution < -0.4 is 10.1 Å².